The van der Waals surface area contributed by atoms with Crippen LogP contribution >= 0.6 is 23.8 Å². The summed E-state index contributed by atoms with van der Waals surface area (Å²) in [6.07, 6.45) is 2.59. The molecule has 138 valence electrons. The molecule has 2 aromatic rings. The maximum atomic E-state index is 13.0. The smallest absolute Gasteiger partial charge is 0.195 e. The van der Waals surface area contributed by atoms with Crippen LogP contribution in [0.4, 0.5) is 4.39 Å². The average molecular weight is 388 g/mol. The third-order valence-corrected chi connectivity index (χ3v) is 4.94. The van der Waals surface area contributed by atoms with Gasteiger partial charge in [-0.2, -0.15) is 5.10 Å². The molecule has 0 aliphatic rings. The number of rotatable bonds is 7. The van der Waals surface area contributed by atoms with E-state index in [-0.39, 0.29) is 17.0 Å². The number of nitrogens with zero attached hydrogens (tertiary/aromatic N) is 2. The summed E-state index contributed by atoms with van der Waals surface area (Å²) in [7, 11) is 0. The van der Waals surface area contributed by atoms with Crippen LogP contribution in [0.3, 0.4) is 0 Å². The second-order valence-electron chi connectivity index (χ2n) is 7.06. The summed E-state index contributed by atoms with van der Waals surface area (Å²) in [5.41, 5.74) is -1.40. The first-order valence-corrected chi connectivity index (χ1v) is 8.82. The molecule has 2 N–H and O–H groups in total. The minimum Gasteiger partial charge on any atom is -0.492 e. The first-order chi connectivity index (χ1) is 11.6. The zero-order chi connectivity index (χ0) is 18.7. The molecule has 1 heterocycles. The number of hydrogen-bond acceptors (Lipinski definition) is 4. The third-order valence-electron chi connectivity index (χ3n) is 4.31. The van der Waals surface area contributed by atoms with Gasteiger partial charge in [0.05, 0.1) is 23.8 Å². The molecule has 0 fully saturated rings. The molecule has 8 heteroatoms. The lowest BCUT2D eigenvalue weighted by molar-refractivity contribution is -0.0828. The molecular formula is C17H23ClFN3O2S. The van der Waals surface area contributed by atoms with Crippen molar-refractivity contribution in [2.45, 2.75) is 45.8 Å². The van der Waals surface area contributed by atoms with E-state index in [1.54, 1.807) is 4.68 Å². The topological polar surface area (TPSA) is 63.1 Å². The van der Waals surface area contributed by atoms with Gasteiger partial charge in [0.1, 0.15) is 17.9 Å². The standard InChI is InChI=1S/C17H23ClFN3O2S/c1-16(2,3)17(23,10-22-15(25)20-11-21-22)7-4-8-24-14-6-5-12(19)9-13(14)18/h5-6,9,11,23H,4,7-8,10H2,1-3H3,(H,20,21,25). The molecule has 0 radical (unpaired) electrons. The van der Waals surface area contributed by atoms with Crippen LogP contribution in [0.25, 0.3) is 0 Å². The van der Waals surface area contributed by atoms with Gasteiger partial charge in [0, 0.05) is 0 Å². The van der Waals surface area contributed by atoms with Crippen LogP contribution in [0.15, 0.2) is 24.5 Å². The molecule has 2 rings (SSSR count). The molecular weight excluding hydrogens is 365 g/mol. The third kappa shape index (κ3) is 5.03. The zero-order valence-corrected chi connectivity index (χ0v) is 16.1. The number of nitrogens with one attached hydrogen (secondary N) is 1. The van der Waals surface area contributed by atoms with Gasteiger partial charge in [-0.05, 0) is 48.7 Å². The fourth-order valence-electron chi connectivity index (χ4n) is 2.47. The molecule has 1 aromatic carbocycles. The minimum atomic E-state index is -1.02. The summed E-state index contributed by atoms with van der Waals surface area (Å²) in [6, 6.07) is 4.00. The van der Waals surface area contributed by atoms with Crippen molar-refractivity contribution in [3.05, 3.63) is 40.1 Å². The maximum Gasteiger partial charge on any atom is 0.195 e. The Labute approximate surface area is 156 Å². The van der Waals surface area contributed by atoms with Crippen LogP contribution < -0.4 is 4.74 Å². The number of aromatic amines is 1. The highest BCUT2D eigenvalue weighted by molar-refractivity contribution is 7.71. The molecule has 1 aromatic heterocycles. The molecule has 0 bridgehead atoms. The van der Waals surface area contributed by atoms with Crippen LogP contribution in [0.5, 0.6) is 5.75 Å². The lowest BCUT2D eigenvalue weighted by atomic mass is 9.73. The van der Waals surface area contributed by atoms with Crippen molar-refractivity contribution >= 4 is 23.8 Å². The monoisotopic (exact) mass is 387 g/mol. The van der Waals surface area contributed by atoms with Crippen molar-refractivity contribution in [3.63, 3.8) is 0 Å². The summed E-state index contributed by atoms with van der Waals surface area (Å²) in [5, 5.41) is 15.5. The summed E-state index contributed by atoms with van der Waals surface area (Å²) in [6.45, 7) is 6.56. The van der Waals surface area contributed by atoms with Gasteiger partial charge in [-0.3, -0.25) is 0 Å². The van der Waals surface area contributed by atoms with E-state index in [1.165, 1.54) is 24.5 Å². The summed E-state index contributed by atoms with van der Waals surface area (Å²) in [5.74, 6) is 0.0205. The maximum absolute atomic E-state index is 13.0. The number of H-pyrrole nitrogens is 1. The van der Waals surface area contributed by atoms with Crippen LogP contribution in [0.2, 0.25) is 5.02 Å². The fourth-order valence-corrected chi connectivity index (χ4v) is 2.86. The van der Waals surface area contributed by atoms with Crippen molar-refractivity contribution in [1.82, 2.24) is 14.8 Å². The number of hydrogen-bond donors (Lipinski definition) is 2. The molecule has 0 aliphatic heterocycles. The molecule has 0 amide bonds. The van der Waals surface area contributed by atoms with Crippen molar-refractivity contribution in [3.8, 4) is 5.75 Å². The Balaban J connectivity index is 1.98. The van der Waals surface area contributed by atoms with E-state index in [9.17, 15) is 9.50 Å². The SMILES string of the molecule is CC(C)(C)C(O)(CCCOc1ccc(F)cc1Cl)Cn1nc[nH]c1=S. The summed E-state index contributed by atoms with van der Waals surface area (Å²) >= 11 is 11.1. The predicted octanol–water partition coefficient (Wildman–Crippen LogP) is 4.37. The van der Waals surface area contributed by atoms with E-state index in [4.69, 9.17) is 28.6 Å². The van der Waals surface area contributed by atoms with Gasteiger partial charge in [0.2, 0.25) is 0 Å². The molecule has 1 unspecified atom stereocenters. The van der Waals surface area contributed by atoms with Gasteiger partial charge >= 0.3 is 0 Å². The highest BCUT2D eigenvalue weighted by Gasteiger charge is 2.40. The van der Waals surface area contributed by atoms with E-state index in [1.807, 2.05) is 20.8 Å². The van der Waals surface area contributed by atoms with Gasteiger partial charge in [-0.1, -0.05) is 32.4 Å². The lowest BCUT2D eigenvalue weighted by Gasteiger charge is -2.40. The number of aliphatic hydroxyl groups is 1. The van der Waals surface area contributed by atoms with E-state index >= 15 is 0 Å². The Morgan fingerprint density at radius 1 is 1.40 bits per heavy atom. The molecule has 0 spiro atoms. The highest BCUT2D eigenvalue weighted by Crippen LogP contribution is 2.36. The van der Waals surface area contributed by atoms with Crippen LogP contribution in [-0.2, 0) is 6.54 Å². The van der Waals surface area contributed by atoms with Crippen LogP contribution in [0, 0.1) is 16.0 Å². The van der Waals surface area contributed by atoms with Crippen molar-refractivity contribution in [2.24, 2.45) is 5.41 Å². The highest BCUT2D eigenvalue weighted by atomic mass is 35.5. The van der Waals surface area contributed by atoms with Gasteiger partial charge < -0.3 is 14.8 Å². The molecule has 0 saturated heterocycles. The normalized spacial score (nSPS) is 14.3. The molecule has 5 nitrogen and oxygen atoms in total. The summed E-state index contributed by atoms with van der Waals surface area (Å²) in [4.78, 5) is 2.83. The van der Waals surface area contributed by atoms with Crippen molar-refractivity contribution < 1.29 is 14.2 Å². The first kappa shape index (κ1) is 19.9. The summed E-state index contributed by atoms with van der Waals surface area (Å²) < 4.78 is 20.7. The first-order valence-electron chi connectivity index (χ1n) is 8.03. The van der Waals surface area contributed by atoms with Crippen LogP contribution in [0.1, 0.15) is 33.6 Å². The number of benzene rings is 1. The quantitative estimate of drug-likeness (QED) is 0.547. The Kier molecular flexibility index (Phi) is 6.24. The second-order valence-corrected chi connectivity index (χ2v) is 7.85. The average Bonchev–Trinajstić information content (AvgIpc) is 2.89. The molecule has 25 heavy (non-hydrogen) atoms. The van der Waals surface area contributed by atoms with Crippen molar-refractivity contribution in [1.29, 1.82) is 0 Å². The number of ether oxygens (including phenoxy) is 1. The van der Waals surface area contributed by atoms with Crippen molar-refractivity contribution in [2.75, 3.05) is 6.61 Å². The van der Waals surface area contributed by atoms with Gasteiger partial charge in [-0.25, -0.2) is 9.07 Å². The lowest BCUT2D eigenvalue weighted by Crippen LogP contribution is -2.47. The van der Waals surface area contributed by atoms with E-state index in [0.29, 0.717) is 30.0 Å². The Morgan fingerprint density at radius 3 is 2.68 bits per heavy atom. The Bertz CT molecular complexity index is 772. The van der Waals surface area contributed by atoms with Gasteiger partial charge in [0.15, 0.2) is 4.77 Å². The van der Waals surface area contributed by atoms with Crippen LogP contribution in [-0.4, -0.2) is 32.1 Å². The largest absolute Gasteiger partial charge is 0.492 e. The van der Waals surface area contributed by atoms with E-state index in [0.717, 1.165) is 0 Å². The van der Waals surface area contributed by atoms with E-state index in [2.05, 4.69) is 10.1 Å². The van der Waals surface area contributed by atoms with Gasteiger partial charge in [0.25, 0.3) is 0 Å². The molecule has 0 aliphatic carbocycles. The fraction of sp³-hybridized carbons (Fsp3) is 0.529. The Morgan fingerprint density at radius 2 is 2.12 bits per heavy atom. The van der Waals surface area contributed by atoms with Gasteiger partial charge in [-0.15, -0.1) is 0 Å². The molecule has 1 atom stereocenters. The zero-order valence-electron chi connectivity index (χ0n) is 14.6. The molecule has 0 saturated carbocycles. The predicted molar refractivity (Wildman–Crippen MR) is 98.0 cm³/mol. The number of aromatic nitrogens is 3. The number of halogens is 2. The Hall–Kier alpha value is -1.44. The minimum absolute atomic E-state index is 0.230. The second kappa shape index (κ2) is 7.85. The van der Waals surface area contributed by atoms with E-state index < -0.39 is 11.4 Å².